The van der Waals surface area contributed by atoms with Gasteiger partial charge < -0.3 is 10.1 Å². The number of rotatable bonds is 2. The first-order valence-electron chi connectivity index (χ1n) is 7.87. The molecule has 1 aliphatic carbocycles. The summed E-state index contributed by atoms with van der Waals surface area (Å²) >= 11 is 0. The van der Waals surface area contributed by atoms with Crippen molar-refractivity contribution in [1.82, 2.24) is 10.2 Å². The zero-order valence-electron chi connectivity index (χ0n) is 12.0. The number of carbonyl (C=O) groups is 2. The Morgan fingerprint density at radius 3 is 2.60 bits per heavy atom. The standard InChI is InChI=1S/C15H24N2O3/c18-13-9-15(5-3-1-2-4-6-15)14(19)17(13)10-12-11-20-8-7-16-12/h12,16H,1-11H2. The molecule has 1 unspecified atom stereocenters. The first-order chi connectivity index (χ1) is 9.71. The van der Waals surface area contributed by atoms with Crippen LogP contribution in [-0.2, 0) is 14.3 Å². The van der Waals surface area contributed by atoms with Crippen LogP contribution in [0.15, 0.2) is 0 Å². The summed E-state index contributed by atoms with van der Waals surface area (Å²) in [4.78, 5) is 26.5. The minimum Gasteiger partial charge on any atom is -0.378 e. The first kappa shape index (κ1) is 14.0. The van der Waals surface area contributed by atoms with E-state index in [4.69, 9.17) is 4.74 Å². The molecule has 20 heavy (non-hydrogen) atoms. The van der Waals surface area contributed by atoms with E-state index >= 15 is 0 Å². The number of ether oxygens (including phenoxy) is 1. The molecule has 3 rings (SSSR count). The van der Waals surface area contributed by atoms with Gasteiger partial charge in [0.15, 0.2) is 0 Å². The highest BCUT2D eigenvalue weighted by Gasteiger charge is 2.51. The van der Waals surface area contributed by atoms with Gasteiger partial charge in [0.2, 0.25) is 11.8 Å². The van der Waals surface area contributed by atoms with E-state index < -0.39 is 0 Å². The van der Waals surface area contributed by atoms with Gasteiger partial charge in [0, 0.05) is 25.6 Å². The lowest BCUT2D eigenvalue weighted by Crippen LogP contribution is -2.50. The Balaban J connectivity index is 1.69. The number of nitrogens with zero attached hydrogens (tertiary/aromatic N) is 1. The fraction of sp³-hybridized carbons (Fsp3) is 0.867. The SMILES string of the molecule is O=C1CC2(CCCCCC2)C(=O)N1CC1COCCN1. The third-order valence-electron chi connectivity index (χ3n) is 4.95. The molecule has 2 saturated heterocycles. The largest absolute Gasteiger partial charge is 0.378 e. The quantitative estimate of drug-likeness (QED) is 0.769. The van der Waals surface area contributed by atoms with Crippen molar-refractivity contribution in [2.24, 2.45) is 5.41 Å². The molecule has 5 heteroatoms. The molecule has 1 N–H and O–H groups in total. The van der Waals surface area contributed by atoms with Crippen molar-refractivity contribution in [2.45, 2.75) is 51.0 Å². The molecule has 3 fully saturated rings. The summed E-state index contributed by atoms with van der Waals surface area (Å²) in [6, 6.07) is 0.0950. The zero-order valence-corrected chi connectivity index (χ0v) is 12.0. The number of morpholine rings is 1. The Bertz CT molecular complexity index is 383. The van der Waals surface area contributed by atoms with Gasteiger partial charge in [0.05, 0.1) is 18.6 Å². The third-order valence-corrected chi connectivity index (χ3v) is 4.95. The van der Waals surface area contributed by atoms with Crippen molar-refractivity contribution in [3.63, 3.8) is 0 Å². The van der Waals surface area contributed by atoms with Crippen LogP contribution in [0.25, 0.3) is 0 Å². The first-order valence-corrected chi connectivity index (χ1v) is 7.87. The lowest BCUT2D eigenvalue weighted by Gasteiger charge is -2.29. The van der Waals surface area contributed by atoms with Gasteiger partial charge in [-0.15, -0.1) is 0 Å². The summed E-state index contributed by atoms with van der Waals surface area (Å²) in [6.45, 7) is 2.57. The number of nitrogens with one attached hydrogen (secondary N) is 1. The molecule has 2 amide bonds. The second-order valence-corrected chi connectivity index (χ2v) is 6.41. The highest BCUT2D eigenvalue weighted by Crippen LogP contribution is 2.44. The lowest BCUT2D eigenvalue weighted by molar-refractivity contribution is -0.142. The molecule has 1 saturated carbocycles. The maximum absolute atomic E-state index is 12.8. The molecule has 0 aromatic heterocycles. The van der Waals surface area contributed by atoms with Crippen LogP contribution in [0.3, 0.4) is 0 Å². The van der Waals surface area contributed by atoms with E-state index in [2.05, 4.69) is 5.32 Å². The molecule has 0 aromatic carbocycles. The van der Waals surface area contributed by atoms with Gasteiger partial charge in [0.25, 0.3) is 0 Å². The van der Waals surface area contributed by atoms with Crippen LogP contribution in [0.4, 0.5) is 0 Å². The van der Waals surface area contributed by atoms with Crippen LogP contribution < -0.4 is 5.32 Å². The smallest absolute Gasteiger partial charge is 0.235 e. The molecule has 3 aliphatic rings. The van der Waals surface area contributed by atoms with Crippen LogP contribution >= 0.6 is 0 Å². The van der Waals surface area contributed by atoms with Crippen LogP contribution in [0.1, 0.15) is 44.9 Å². The Morgan fingerprint density at radius 2 is 1.95 bits per heavy atom. The van der Waals surface area contributed by atoms with Crippen LogP contribution in [0.5, 0.6) is 0 Å². The molecule has 2 aliphatic heterocycles. The summed E-state index contributed by atoms with van der Waals surface area (Å²) < 4.78 is 5.41. The van der Waals surface area contributed by atoms with Crippen LogP contribution in [0, 0.1) is 5.41 Å². The van der Waals surface area contributed by atoms with Crippen molar-refractivity contribution in [1.29, 1.82) is 0 Å². The van der Waals surface area contributed by atoms with Crippen molar-refractivity contribution in [2.75, 3.05) is 26.3 Å². The van der Waals surface area contributed by atoms with E-state index in [1.54, 1.807) is 0 Å². The minimum atomic E-state index is -0.372. The number of likely N-dealkylation sites (tertiary alicyclic amines) is 1. The molecule has 0 aromatic rings. The second-order valence-electron chi connectivity index (χ2n) is 6.41. The van der Waals surface area contributed by atoms with Gasteiger partial charge in [-0.05, 0) is 12.8 Å². The Hall–Kier alpha value is -0.940. The molecular weight excluding hydrogens is 256 g/mol. The molecular formula is C15H24N2O3. The maximum atomic E-state index is 12.8. The molecule has 5 nitrogen and oxygen atoms in total. The summed E-state index contributed by atoms with van der Waals surface area (Å²) in [5.41, 5.74) is -0.372. The van der Waals surface area contributed by atoms with E-state index in [0.717, 1.165) is 32.2 Å². The summed E-state index contributed by atoms with van der Waals surface area (Å²) in [5, 5.41) is 3.32. The average Bonchev–Trinajstić information content (AvgIpc) is 2.65. The molecule has 1 atom stereocenters. The monoisotopic (exact) mass is 280 g/mol. The molecule has 1 spiro atoms. The molecule has 0 bridgehead atoms. The fourth-order valence-corrected chi connectivity index (χ4v) is 3.80. The Morgan fingerprint density at radius 1 is 1.20 bits per heavy atom. The predicted octanol–water partition coefficient (Wildman–Crippen LogP) is 1.07. The number of hydrogen-bond donors (Lipinski definition) is 1. The van der Waals surface area contributed by atoms with Crippen molar-refractivity contribution in [3.05, 3.63) is 0 Å². The van der Waals surface area contributed by atoms with Crippen LogP contribution in [-0.4, -0.2) is 49.1 Å². The van der Waals surface area contributed by atoms with Crippen molar-refractivity contribution in [3.8, 4) is 0 Å². The second kappa shape index (κ2) is 5.82. The predicted molar refractivity (Wildman–Crippen MR) is 74.1 cm³/mol. The number of carbonyl (C=O) groups excluding carboxylic acids is 2. The van der Waals surface area contributed by atoms with Crippen molar-refractivity contribution >= 4 is 11.8 Å². The topological polar surface area (TPSA) is 58.6 Å². The van der Waals surface area contributed by atoms with Gasteiger partial charge in [-0.3, -0.25) is 14.5 Å². The van der Waals surface area contributed by atoms with Gasteiger partial charge in [-0.2, -0.15) is 0 Å². The average molecular weight is 280 g/mol. The van der Waals surface area contributed by atoms with Gasteiger partial charge >= 0.3 is 0 Å². The van der Waals surface area contributed by atoms with Gasteiger partial charge in [0.1, 0.15) is 0 Å². The molecule has 0 radical (unpaired) electrons. The molecule has 112 valence electrons. The normalized spacial score (nSPS) is 30.8. The van der Waals surface area contributed by atoms with E-state index in [1.165, 1.54) is 17.7 Å². The minimum absolute atomic E-state index is 0.0178. The fourth-order valence-electron chi connectivity index (χ4n) is 3.80. The molecule has 2 heterocycles. The van der Waals surface area contributed by atoms with Gasteiger partial charge in [-0.1, -0.05) is 25.7 Å². The van der Waals surface area contributed by atoms with E-state index in [0.29, 0.717) is 26.2 Å². The highest BCUT2D eigenvalue weighted by molar-refractivity contribution is 6.05. The Kier molecular flexibility index (Phi) is 4.08. The van der Waals surface area contributed by atoms with Gasteiger partial charge in [-0.25, -0.2) is 0 Å². The highest BCUT2D eigenvalue weighted by atomic mass is 16.5. The number of hydrogen-bond acceptors (Lipinski definition) is 4. The maximum Gasteiger partial charge on any atom is 0.235 e. The van der Waals surface area contributed by atoms with E-state index in [9.17, 15) is 9.59 Å². The summed E-state index contributed by atoms with van der Waals surface area (Å²) in [6.07, 6.45) is 6.77. The number of imide groups is 1. The number of amides is 2. The summed E-state index contributed by atoms with van der Waals surface area (Å²) in [5.74, 6) is 0.0982. The third kappa shape index (κ3) is 2.61. The van der Waals surface area contributed by atoms with E-state index in [-0.39, 0.29) is 23.3 Å². The zero-order chi connectivity index (χ0) is 14.0. The van der Waals surface area contributed by atoms with Crippen molar-refractivity contribution < 1.29 is 14.3 Å². The Labute approximate surface area is 120 Å². The lowest BCUT2D eigenvalue weighted by atomic mass is 9.79. The summed E-state index contributed by atoms with van der Waals surface area (Å²) in [7, 11) is 0. The van der Waals surface area contributed by atoms with E-state index in [1.807, 2.05) is 0 Å². The van der Waals surface area contributed by atoms with Crippen LogP contribution in [0.2, 0.25) is 0 Å².